The number of nitrogens with zero attached hydrogens (tertiary/aromatic N) is 1. The SMILES string of the molecule is COc1cccc(C(C#N)NN)c1. The van der Waals surface area contributed by atoms with Crippen LogP contribution in [0.2, 0.25) is 0 Å². The Balaban J connectivity index is 2.94. The number of benzene rings is 1. The van der Waals surface area contributed by atoms with Crippen molar-refractivity contribution in [1.82, 2.24) is 5.43 Å². The van der Waals surface area contributed by atoms with E-state index >= 15 is 0 Å². The Morgan fingerprint density at radius 3 is 2.92 bits per heavy atom. The zero-order valence-electron chi connectivity index (χ0n) is 7.32. The maximum Gasteiger partial charge on any atom is 0.133 e. The summed E-state index contributed by atoms with van der Waals surface area (Å²) in [6.45, 7) is 0. The molecule has 13 heavy (non-hydrogen) atoms. The Kier molecular flexibility index (Phi) is 3.26. The molecule has 1 aromatic carbocycles. The minimum Gasteiger partial charge on any atom is -0.497 e. The fourth-order valence-electron chi connectivity index (χ4n) is 1.03. The van der Waals surface area contributed by atoms with Crippen molar-refractivity contribution in [2.24, 2.45) is 5.84 Å². The molecule has 3 N–H and O–H groups in total. The molecule has 1 aromatic rings. The van der Waals surface area contributed by atoms with E-state index in [0.29, 0.717) is 5.75 Å². The second-order valence-corrected chi connectivity index (χ2v) is 2.51. The van der Waals surface area contributed by atoms with E-state index in [-0.39, 0.29) is 0 Å². The van der Waals surface area contributed by atoms with Crippen molar-refractivity contribution in [2.75, 3.05) is 7.11 Å². The molecule has 0 amide bonds. The zero-order chi connectivity index (χ0) is 9.68. The smallest absolute Gasteiger partial charge is 0.133 e. The molecule has 0 saturated carbocycles. The summed E-state index contributed by atoms with van der Waals surface area (Å²) >= 11 is 0. The van der Waals surface area contributed by atoms with Gasteiger partial charge in [-0.05, 0) is 17.7 Å². The van der Waals surface area contributed by atoms with Crippen molar-refractivity contribution < 1.29 is 4.74 Å². The van der Waals surface area contributed by atoms with Gasteiger partial charge in [0.1, 0.15) is 11.8 Å². The van der Waals surface area contributed by atoms with Crippen LogP contribution in [0.1, 0.15) is 11.6 Å². The fourth-order valence-corrected chi connectivity index (χ4v) is 1.03. The van der Waals surface area contributed by atoms with Gasteiger partial charge in [-0.15, -0.1) is 0 Å². The molecule has 0 aliphatic carbocycles. The highest BCUT2D eigenvalue weighted by atomic mass is 16.5. The maximum atomic E-state index is 8.71. The highest BCUT2D eigenvalue weighted by molar-refractivity contribution is 5.32. The second kappa shape index (κ2) is 4.45. The highest BCUT2D eigenvalue weighted by Crippen LogP contribution is 2.17. The fraction of sp³-hybridized carbons (Fsp3) is 0.222. The average Bonchev–Trinajstić information content (AvgIpc) is 2.20. The molecule has 4 nitrogen and oxygen atoms in total. The number of hydrogen-bond donors (Lipinski definition) is 2. The van der Waals surface area contributed by atoms with Gasteiger partial charge in [-0.25, -0.2) is 5.43 Å². The Morgan fingerprint density at radius 2 is 2.38 bits per heavy atom. The third-order valence-corrected chi connectivity index (χ3v) is 1.72. The van der Waals surface area contributed by atoms with Crippen molar-refractivity contribution in [3.8, 4) is 11.8 Å². The van der Waals surface area contributed by atoms with Crippen molar-refractivity contribution in [2.45, 2.75) is 6.04 Å². The molecule has 0 heterocycles. The lowest BCUT2D eigenvalue weighted by Gasteiger charge is -2.08. The molecule has 1 rings (SSSR count). The van der Waals surface area contributed by atoms with Crippen LogP contribution in [0.3, 0.4) is 0 Å². The van der Waals surface area contributed by atoms with Crippen molar-refractivity contribution >= 4 is 0 Å². The first-order valence-electron chi connectivity index (χ1n) is 3.81. The maximum absolute atomic E-state index is 8.71. The molecule has 1 atom stereocenters. The van der Waals surface area contributed by atoms with Crippen LogP contribution < -0.4 is 16.0 Å². The highest BCUT2D eigenvalue weighted by Gasteiger charge is 2.07. The topological polar surface area (TPSA) is 71.1 Å². The van der Waals surface area contributed by atoms with Gasteiger partial charge in [-0.1, -0.05) is 12.1 Å². The summed E-state index contributed by atoms with van der Waals surface area (Å²) in [7, 11) is 1.58. The van der Waals surface area contributed by atoms with E-state index in [4.69, 9.17) is 15.8 Å². The summed E-state index contributed by atoms with van der Waals surface area (Å²) < 4.78 is 5.02. The van der Waals surface area contributed by atoms with Crippen LogP contribution >= 0.6 is 0 Å². The van der Waals surface area contributed by atoms with Crippen LogP contribution in [-0.4, -0.2) is 7.11 Å². The van der Waals surface area contributed by atoms with E-state index in [2.05, 4.69) is 5.43 Å². The lowest BCUT2D eigenvalue weighted by molar-refractivity contribution is 0.414. The van der Waals surface area contributed by atoms with E-state index in [1.54, 1.807) is 13.2 Å². The van der Waals surface area contributed by atoms with Gasteiger partial charge in [0, 0.05) is 0 Å². The number of ether oxygens (including phenoxy) is 1. The normalized spacial score (nSPS) is 11.8. The predicted molar refractivity (Wildman–Crippen MR) is 48.7 cm³/mol. The summed E-state index contributed by atoms with van der Waals surface area (Å²) in [4.78, 5) is 0. The number of methoxy groups -OCH3 is 1. The van der Waals surface area contributed by atoms with E-state index < -0.39 is 6.04 Å². The summed E-state index contributed by atoms with van der Waals surface area (Å²) in [5, 5.41) is 8.71. The van der Waals surface area contributed by atoms with E-state index in [1.807, 2.05) is 24.3 Å². The standard InChI is InChI=1S/C9H11N3O/c1-13-8-4-2-3-7(5-8)9(6-10)12-11/h2-5,9,12H,11H2,1H3. The lowest BCUT2D eigenvalue weighted by atomic mass is 10.1. The average molecular weight is 177 g/mol. The van der Waals surface area contributed by atoms with Gasteiger partial charge in [-0.3, -0.25) is 5.84 Å². The molecule has 0 spiro atoms. The van der Waals surface area contributed by atoms with Crippen LogP contribution in [0.5, 0.6) is 5.75 Å². The minimum absolute atomic E-state index is 0.491. The molecule has 4 heteroatoms. The number of hydrogen-bond acceptors (Lipinski definition) is 4. The van der Waals surface area contributed by atoms with Crippen LogP contribution in [0.4, 0.5) is 0 Å². The van der Waals surface area contributed by atoms with Crippen molar-refractivity contribution in [1.29, 1.82) is 5.26 Å². The predicted octanol–water partition coefficient (Wildman–Crippen LogP) is 0.723. The lowest BCUT2D eigenvalue weighted by Crippen LogP contribution is -2.26. The quantitative estimate of drug-likeness (QED) is 0.527. The van der Waals surface area contributed by atoms with E-state index in [9.17, 15) is 0 Å². The Hall–Kier alpha value is -1.57. The van der Waals surface area contributed by atoms with Gasteiger partial charge in [0.05, 0.1) is 13.2 Å². The third-order valence-electron chi connectivity index (χ3n) is 1.72. The molecule has 1 unspecified atom stereocenters. The van der Waals surface area contributed by atoms with Crippen LogP contribution in [0.25, 0.3) is 0 Å². The molecule has 0 saturated heterocycles. The first kappa shape index (κ1) is 9.52. The largest absolute Gasteiger partial charge is 0.497 e. The zero-order valence-corrected chi connectivity index (χ0v) is 7.32. The summed E-state index contributed by atoms with van der Waals surface area (Å²) in [5.74, 6) is 5.91. The second-order valence-electron chi connectivity index (χ2n) is 2.51. The van der Waals surface area contributed by atoms with E-state index in [1.165, 1.54) is 0 Å². The van der Waals surface area contributed by atoms with Crippen LogP contribution in [0, 0.1) is 11.3 Å². The Labute approximate surface area is 76.9 Å². The number of hydrazine groups is 1. The summed E-state index contributed by atoms with van der Waals surface area (Å²) in [6.07, 6.45) is 0. The number of rotatable bonds is 3. The van der Waals surface area contributed by atoms with Gasteiger partial charge < -0.3 is 4.74 Å². The molecule has 0 aliphatic heterocycles. The molecule has 0 radical (unpaired) electrons. The van der Waals surface area contributed by atoms with Gasteiger partial charge in [0.15, 0.2) is 0 Å². The summed E-state index contributed by atoms with van der Waals surface area (Å²) in [5.41, 5.74) is 3.20. The molecule has 0 aromatic heterocycles. The van der Waals surface area contributed by atoms with Crippen LogP contribution in [0.15, 0.2) is 24.3 Å². The first-order valence-corrected chi connectivity index (χ1v) is 3.81. The molecule has 0 bridgehead atoms. The number of nitrogens with two attached hydrogens (primary N) is 1. The Morgan fingerprint density at radius 1 is 1.62 bits per heavy atom. The first-order chi connectivity index (χ1) is 6.31. The monoisotopic (exact) mass is 177 g/mol. The van der Waals surface area contributed by atoms with Crippen LogP contribution in [-0.2, 0) is 0 Å². The molecule has 68 valence electrons. The number of nitriles is 1. The van der Waals surface area contributed by atoms with E-state index in [0.717, 1.165) is 5.56 Å². The molecule has 0 fully saturated rings. The third kappa shape index (κ3) is 2.18. The molecular formula is C9H11N3O. The summed E-state index contributed by atoms with van der Waals surface area (Å²) in [6, 6.07) is 8.75. The minimum atomic E-state index is -0.491. The number of nitrogens with one attached hydrogen (secondary N) is 1. The molecule has 0 aliphatic rings. The van der Waals surface area contributed by atoms with Gasteiger partial charge >= 0.3 is 0 Å². The Bertz CT molecular complexity index is 319. The van der Waals surface area contributed by atoms with Crippen molar-refractivity contribution in [3.63, 3.8) is 0 Å². The van der Waals surface area contributed by atoms with Gasteiger partial charge in [-0.2, -0.15) is 5.26 Å². The van der Waals surface area contributed by atoms with Gasteiger partial charge in [0.25, 0.3) is 0 Å². The molecular weight excluding hydrogens is 166 g/mol. The van der Waals surface area contributed by atoms with Crippen molar-refractivity contribution in [3.05, 3.63) is 29.8 Å². The van der Waals surface area contributed by atoms with Gasteiger partial charge in [0.2, 0.25) is 0 Å².